The summed E-state index contributed by atoms with van der Waals surface area (Å²) in [6, 6.07) is 0.0325. The summed E-state index contributed by atoms with van der Waals surface area (Å²) in [5.74, 6) is 0.571. The minimum atomic E-state index is -0.200. The SMILES string of the molecule is C=C(/C=C\C(=C)N(C)CCN(C)C(=C)/C=C\C(=C)n1cnn(C(C)CC)c1=O)OCC1COC(Cn2nccn2)S1. The monoisotopic (exact) mass is 582 g/mol. The number of hydrogen-bond donors (Lipinski definition) is 0. The molecule has 3 atom stereocenters. The van der Waals surface area contributed by atoms with E-state index in [-0.39, 0.29) is 22.4 Å². The van der Waals surface area contributed by atoms with Crippen LogP contribution >= 0.6 is 11.8 Å². The van der Waals surface area contributed by atoms with Crippen LogP contribution in [-0.2, 0) is 16.0 Å². The molecule has 1 aliphatic heterocycles. The number of likely N-dealkylation sites (N-methyl/N-ethyl adjacent to an activating group) is 2. The molecule has 0 radical (unpaired) electrons. The third-order valence-electron chi connectivity index (χ3n) is 6.74. The molecule has 12 heteroatoms. The van der Waals surface area contributed by atoms with E-state index in [0.717, 1.165) is 30.9 Å². The van der Waals surface area contributed by atoms with Gasteiger partial charge in [0.1, 0.15) is 24.1 Å². The van der Waals surface area contributed by atoms with E-state index in [4.69, 9.17) is 9.47 Å². The highest BCUT2D eigenvalue weighted by molar-refractivity contribution is 8.00. The van der Waals surface area contributed by atoms with Crippen molar-refractivity contribution >= 4 is 17.5 Å². The minimum absolute atomic E-state index is 0.0147. The van der Waals surface area contributed by atoms with E-state index >= 15 is 0 Å². The van der Waals surface area contributed by atoms with E-state index in [1.807, 2.05) is 56.0 Å². The van der Waals surface area contributed by atoms with Crippen molar-refractivity contribution in [3.05, 3.63) is 97.0 Å². The molecule has 1 fully saturated rings. The number of aromatic nitrogens is 6. The maximum Gasteiger partial charge on any atom is 0.350 e. The van der Waals surface area contributed by atoms with Gasteiger partial charge in [0.25, 0.3) is 0 Å². The molecule has 2 aromatic rings. The van der Waals surface area contributed by atoms with Gasteiger partial charge in [0.15, 0.2) is 0 Å². The topological polar surface area (TPSA) is 95.5 Å². The molecule has 0 aromatic carbocycles. The molecule has 1 aliphatic rings. The molecule has 222 valence electrons. The van der Waals surface area contributed by atoms with Gasteiger partial charge in [-0.05, 0) is 37.6 Å². The number of nitrogens with zero attached hydrogens (tertiary/aromatic N) is 8. The number of rotatable bonds is 17. The van der Waals surface area contributed by atoms with Gasteiger partial charge in [-0.15, -0.1) is 11.8 Å². The van der Waals surface area contributed by atoms with Gasteiger partial charge >= 0.3 is 5.69 Å². The summed E-state index contributed by atoms with van der Waals surface area (Å²) in [7, 11) is 3.94. The van der Waals surface area contributed by atoms with Crippen molar-refractivity contribution < 1.29 is 9.47 Å². The fraction of sp³-hybridized carbons (Fsp3) is 0.448. The Morgan fingerprint density at radius 3 is 2.37 bits per heavy atom. The van der Waals surface area contributed by atoms with E-state index in [0.29, 0.717) is 31.2 Å². The fourth-order valence-corrected chi connectivity index (χ4v) is 4.81. The van der Waals surface area contributed by atoms with Gasteiger partial charge < -0.3 is 19.3 Å². The molecule has 3 rings (SSSR count). The van der Waals surface area contributed by atoms with E-state index in [1.165, 1.54) is 15.6 Å². The highest BCUT2D eigenvalue weighted by Gasteiger charge is 2.27. The molecule has 0 aliphatic carbocycles. The standard InChI is InChI=1S/C29H42N8O3S/c1-9-22(2)37-29(38)35(21-32-37)25(5)11-10-23(3)33(7)16-17-34(8)24(4)12-13-26(6)39-19-27-20-40-28(41-27)18-36-30-14-15-31-36/h10-15,21-22,27-28H,3-6,9,16-20H2,1-2,7-8H3/b11-10-,13-12-. The molecule has 1 saturated heterocycles. The predicted molar refractivity (Wildman–Crippen MR) is 165 cm³/mol. The lowest BCUT2D eigenvalue weighted by atomic mass is 10.3. The summed E-state index contributed by atoms with van der Waals surface area (Å²) in [6.07, 6.45) is 13.0. The van der Waals surface area contributed by atoms with Crippen molar-refractivity contribution in [1.82, 2.24) is 39.1 Å². The van der Waals surface area contributed by atoms with Crippen LogP contribution in [0, 0.1) is 0 Å². The summed E-state index contributed by atoms with van der Waals surface area (Å²) in [5.41, 5.74) is 1.97. The minimum Gasteiger partial charge on any atom is -0.493 e. The van der Waals surface area contributed by atoms with Crippen LogP contribution in [-0.4, -0.2) is 90.2 Å². The third-order valence-corrected chi connectivity index (χ3v) is 7.98. The van der Waals surface area contributed by atoms with Crippen LogP contribution in [0.1, 0.15) is 26.3 Å². The first-order valence-electron chi connectivity index (χ1n) is 13.5. The Hall–Kier alpha value is -3.77. The zero-order chi connectivity index (χ0) is 29.9. The molecule has 0 N–H and O–H groups in total. The second kappa shape index (κ2) is 15.3. The Labute approximate surface area is 246 Å². The smallest absolute Gasteiger partial charge is 0.350 e. The Kier molecular flexibility index (Phi) is 11.8. The van der Waals surface area contributed by atoms with E-state index < -0.39 is 0 Å². The quantitative estimate of drug-likeness (QED) is 0.204. The molecular weight excluding hydrogens is 540 g/mol. The van der Waals surface area contributed by atoms with Gasteiger partial charge in [0, 0.05) is 44.3 Å². The first-order chi connectivity index (χ1) is 19.6. The predicted octanol–water partition coefficient (Wildman–Crippen LogP) is 3.77. The second-order valence-corrected chi connectivity index (χ2v) is 11.3. The van der Waals surface area contributed by atoms with Crippen LogP contribution in [0.3, 0.4) is 0 Å². The Bertz CT molecular complexity index is 1310. The van der Waals surface area contributed by atoms with E-state index in [2.05, 4.69) is 41.6 Å². The number of allylic oxidation sites excluding steroid dienone is 5. The van der Waals surface area contributed by atoms with Crippen molar-refractivity contribution in [2.45, 2.75) is 43.5 Å². The first kappa shape index (κ1) is 31.8. The molecule has 3 unspecified atom stereocenters. The van der Waals surface area contributed by atoms with E-state index in [1.54, 1.807) is 35.0 Å². The van der Waals surface area contributed by atoms with Gasteiger partial charge in [-0.25, -0.2) is 9.48 Å². The van der Waals surface area contributed by atoms with Crippen LogP contribution in [0.5, 0.6) is 0 Å². The maximum atomic E-state index is 12.6. The number of ether oxygens (including phenoxy) is 2. The second-order valence-electron chi connectivity index (χ2n) is 9.85. The molecule has 3 heterocycles. The average Bonchev–Trinajstić information content (AvgIpc) is 3.73. The van der Waals surface area contributed by atoms with Gasteiger partial charge in [-0.2, -0.15) is 20.1 Å². The van der Waals surface area contributed by atoms with Gasteiger partial charge in [-0.1, -0.05) is 33.2 Å². The van der Waals surface area contributed by atoms with Crippen molar-refractivity contribution in [1.29, 1.82) is 0 Å². The van der Waals surface area contributed by atoms with Gasteiger partial charge in [0.2, 0.25) is 0 Å². The third kappa shape index (κ3) is 9.39. The maximum absolute atomic E-state index is 12.6. The molecule has 41 heavy (non-hydrogen) atoms. The summed E-state index contributed by atoms with van der Waals surface area (Å²) >= 11 is 1.72. The Morgan fingerprint density at radius 2 is 1.73 bits per heavy atom. The van der Waals surface area contributed by atoms with Crippen LogP contribution in [0.15, 0.2) is 91.3 Å². The van der Waals surface area contributed by atoms with Crippen molar-refractivity contribution in [3.63, 3.8) is 0 Å². The molecule has 11 nitrogen and oxygen atoms in total. The van der Waals surface area contributed by atoms with Gasteiger partial charge in [0.05, 0.1) is 36.8 Å². The molecular formula is C29H42N8O3S. The summed E-state index contributed by atoms with van der Waals surface area (Å²) < 4.78 is 14.6. The van der Waals surface area contributed by atoms with Gasteiger partial charge in [-0.3, -0.25) is 4.57 Å². The van der Waals surface area contributed by atoms with Crippen LogP contribution in [0.4, 0.5) is 0 Å². The highest BCUT2D eigenvalue weighted by Crippen LogP contribution is 2.29. The summed E-state index contributed by atoms with van der Waals surface area (Å²) in [6.45, 7) is 23.5. The van der Waals surface area contributed by atoms with Crippen molar-refractivity contribution in [2.75, 3.05) is 40.4 Å². The zero-order valence-corrected chi connectivity index (χ0v) is 25.4. The summed E-state index contributed by atoms with van der Waals surface area (Å²) in [5, 5.41) is 12.7. The first-order valence-corrected chi connectivity index (χ1v) is 14.5. The highest BCUT2D eigenvalue weighted by atomic mass is 32.2. The lowest BCUT2D eigenvalue weighted by Gasteiger charge is -2.25. The normalized spacial score (nSPS) is 17.7. The summed E-state index contributed by atoms with van der Waals surface area (Å²) in [4.78, 5) is 18.3. The molecule has 0 bridgehead atoms. The molecule has 2 aromatic heterocycles. The lowest BCUT2D eigenvalue weighted by molar-refractivity contribution is 0.103. The molecule has 0 amide bonds. The fourth-order valence-electron chi connectivity index (χ4n) is 3.70. The Balaban J connectivity index is 1.36. The largest absolute Gasteiger partial charge is 0.493 e. The van der Waals surface area contributed by atoms with Crippen molar-refractivity contribution in [2.24, 2.45) is 0 Å². The molecule has 0 spiro atoms. The van der Waals surface area contributed by atoms with Crippen molar-refractivity contribution in [3.8, 4) is 0 Å². The molecule has 0 saturated carbocycles. The van der Waals surface area contributed by atoms with Crippen LogP contribution in [0.25, 0.3) is 5.70 Å². The Morgan fingerprint density at radius 1 is 1.10 bits per heavy atom. The van der Waals surface area contributed by atoms with E-state index in [9.17, 15) is 4.79 Å². The number of thioether (sulfide) groups is 1. The van der Waals surface area contributed by atoms with Crippen LogP contribution < -0.4 is 5.69 Å². The number of hydrogen-bond acceptors (Lipinski definition) is 9. The van der Waals surface area contributed by atoms with Crippen LogP contribution in [0.2, 0.25) is 0 Å². The average molecular weight is 583 g/mol. The zero-order valence-electron chi connectivity index (χ0n) is 24.6. The lowest BCUT2D eigenvalue weighted by Crippen LogP contribution is -2.29.